The number of urea groups is 1. The van der Waals surface area contributed by atoms with Crippen molar-refractivity contribution < 1.29 is 14.4 Å². The van der Waals surface area contributed by atoms with Crippen molar-refractivity contribution in [3.05, 3.63) is 59.7 Å². The first kappa shape index (κ1) is 19.0. The number of nitrogens with one attached hydrogen (secondary N) is 2. The number of amides is 4. The van der Waals surface area contributed by atoms with E-state index in [0.29, 0.717) is 35.6 Å². The average Bonchev–Trinajstić information content (AvgIpc) is 2.62. The number of primary amides is 1. The van der Waals surface area contributed by atoms with Gasteiger partial charge in [-0.05, 0) is 50.2 Å². The fraction of sp³-hybridized carbons (Fsp3) is 0.211. The maximum Gasteiger partial charge on any atom is 0.316 e. The first-order valence-corrected chi connectivity index (χ1v) is 8.31. The van der Waals surface area contributed by atoms with Gasteiger partial charge in [-0.2, -0.15) is 0 Å². The van der Waals surface area contributed by atoms with Gasteiger partial charge in [0.05, 0.1) is 0 Å². The van der Waals surface area contributed by atoms with Crippen molar-refractivity contribution in [1.82, 2.24) is 4.90 Å². The summed E-state index contributed by atoms with van der Waals surface area (Å²) in [6.45, 7) is 5.07. The predicted molar refractivity (Wildman–Crippen MR) is 101 cm³/mol. The summed E-state index contributed by atoms with van der Waals surface area (Å²) >= 11 is 0. The smallest absolute Gasteiger partial charge is 0.316 e. The molecule has 0 aromatic heterocycles. The van der Waals surface area contributed by atoms with Gasteiger partial charge in [-0.3, -0.25) is 9.59 Å². The van der Waals surface area contributed by atoms with E-state index in [2.05, 4.69) is 10.6 Å². The molecule has 0 spiro atoms. The summed E-state index contributed by atoms with van der Waals surface area (Å²) in [5, 5.41) is 5.18. The molecule has 0 saturated carbocycles. The van der Waals surface area contributed by atoms with E-state index < -0.39 is 6.03 Å². The van der Waals surface area contributed by atoms with Crippen molar-refractivity contribution in [3.63, 3.8) is 0 Å². The number of hydrogen-bond acceptors (Lipinski definition) is 3. The minimum Gasteiger partial charge on any atom is -0.351 e. The van der Waals surface area contributed by atoms with Crippen molar-refractivity contribution in [1.29, 1.82) is 0 Å². The van der Waals surface area contributed by atoms with Crippen molar-refractivity contribution in [2.45, 2.75) is 13.8 Å². The Morgan fingerprint density at radius 1 is 0.885 bits per heavy atom. The van der Waals surface area contributed by atoms with Gasteiger partial charge in [0.1, 0.15) is 0 Å². The van der Waals surface area contributed by atoms with Crippen LogP contribution in [0.5, 0.6) is 0 Å². The van der Waals surface area contributed by atoms with Gasteiger partial charge in [0.15, 0.2) is 0 Å². The quantitative estimate of drug-likeness (QED) is 0.743. The highest BCUT2D eigenvalue weighted by molar-refractivity contribution is 6.06. The van der Waals surface area contributed by atoms with Gasteiger partial charge in [-0.25, -0.2) is 4.79 Å². The first-order valence-electron chi connectivity index (χ1n) is 8.31. The number of carbonyl (C=O) groups excluding carboxylic acids is 3. The Labute approximate surface area is 152 Å². The molecule has 0 radical (unpaired) electrons. The fourth-order valence-corrected chi connectivity index (χ4v) is 2.51. The number of carbonyl (C=O) groups is 3. The molecule has 2 rings (SSSR count). The summed E-state index contributed by atoms with van der Waals surface area (Å²) in [5.74, 6) is -0.440. The van der Waals surface area contributed by atoms with E-state index in [1.54, 1.807) is 47.4 Å². The molecule has 0 fully saturated rings. The first-order chi connectivity index (χ1) is 12.4. The summed E-state index contributed by atoms with van der Waals surface area (Å²) < 4.78 is 0. The molecule has 0 atom stereocenters. The van der Waals surface area contributed by atoms with E-state index in [1.807, 2.05) is 13.8 Å². The molecule has 2 aromatic carbocycles. The molecule has 0 aliphatic rings. The van der Waals surface area contributed by atoms with Gasteiger partial charge < -0.3 is 21.3 Å². The molecule has 26 heavy (non-hydrogen) atoms. The Balaban J connectivity index is 2.16. The van der Waals surface area contributed by atoms with Crippen LogP contribution in [0.1, 0.15) is 34.6 Å². The summed E-state index contributed by atoms with van der Waals surface area (Å²) in [6, 6.07) is 12.5. The lowest BCUT2D eigenvalue weighted by molar-refractivity contribution is 0.0772. The minimum absolute atomic E-state index is 0.0845. The monoisotopic (exact) mass is 354 g/mol. The lowest BCUT2D eigenvalue weighted by atomic mass is 10.1. The lowest BCUT2D eigenvalue weighted by Gasteiger charge is -2.19. The van der Waals surface area contributed by atoms with Crippen LogP contribution in [0, 0.1) is 0 Å². The molecule has 0 bridgehead atoms. The van der Waals surface area contributed by atoms with Crippen LogP contribution in [0.4, 0.5) is 16.2 Å². The Morgan fingerprint density at radius 3 is 2.00 bits per heavy atom. The molecule has 0 aliphatic heterocycles. The molecular weight excluding hydrogens is 332 g/mol. The molecule has 2 aromatic rings. The Kier molecular flexibility index (Phi) is 6.32. The Hall–Kier alpha value is -3.35. The number of hydrogen-bond donors (Lipinski definition) is 3. The normalized spacial score (nSPS) is 10.1. The molecule has 7 heteroatoms. The Morgan fingerprint density at radius 2 is 1.42 bits per heavy atom. The van der Waals surface area contributed by atoms with Gasteiger partial charge in [-0.1, -0.05) is 12.1 Å². The van der Waals surface area contributed by atoms with Crippen LogP contribution in [0.15, 0.2) is 48.5 Å². The Bertz CT molecular complexity index is 816. The maximum absolute atomic E-state index is 12.4. The van der Waals surface area contributed by atoms with Gasteiger partial charge in [0.2, 0.25) is 0 Å². The standard InChI is InChI=1S/C19H22N4O3/c1-3-23(4-2)18(25)14-8-6-9-15(12-14)21-17(24)13-7-5-10-16(11-13)22-19(20)26/h5-12H,3-4H2,1-2H3,(H,21,24)(H3,20,22,26). The molecule has 0 aliphatic carbocycles. The maximum atomic E-state index is 12.4. The summed E-state index contributed by atoms with van der Waals surface area (Å²) in [5.41, 5.74) is 6.89. The molecular formula is C19H22N4O3. The highest BCUT2D eigenvalue weighted by Gasteiger charge is 2.14. The van der Waals surface area contributed by atoms with Crippen molar-refractivity contribution in [3.8, 4) is 0 Å². The third kappa shape index (κ3) is 4.83. The molecule has 4 N–H and O–H groups in total. The number of rotatable bonds is 6. The number of benzene rings is 2. The second-order valence-electron chi connectivity index (χ2n) is 5.58. The molecule has 4 amide bonds. The van der Waals surface area contributed by atoms with Crippen LogP contribution < -0.4 is 16.4 Å². The number of nitrogens with zero attached hydrogens (tertiary/aromatic N) is 1. The third-order valence-corrected chi connectivity index (χ3v) is 3.81. The van der Waals surface area contributed by atoms with Crippen LogP contribution in [0.3, 0.4) is 0 Å². The topological polar surface area (TPSA) is 105 Å². The zero-order chi connectivity index (χ0) is 19.1. The van der Waals surface area contributed by atoms with Gasteiger partial charge in [0, 0.05) is 35.6 Å². The van der Waals surface area contributed by atoms with Crippen molar-refractivity contribution >= 4 is 29.2 Å². The van der Waals surface area contributed by atoms with Gasteiger partial charge in [0.25, 0.3) is 11.8 Å². The third-order valence-electron chi connectivity index (χ3n) is 3.81. The lowest BCUT2D eigenvalue weighted by Crippen LogP contribution is -2.30. The van der Waals surface area contributed by atoms with Crippen LogP contribution >= 0.6 is 0 Å². The van der Waals surface area contributed by atoms with Crippen molar-refractivity contribution in [2.75, 3.05) is 23.7 Å². The van der Waals surface area contributed by atoms with E-state index in [9.17, 15) is 14.4 Å². The van der Waals surface area contributed by atoms with Crippen molar-refractivity contribution in [2.24, 2.45) is 5.73 Å². The van der Waals surface area contributed by atoms with E-state index in [4.69, 9.17) is 5.73 Å². The SMILES string of the molecule is CCN(CC)C(=O)c1cccc(NC(=O)c2cccc(NC(N)=O)c2)c1. The summed E-state index contributed by atoms with van der Waals surface area (Å²) in [7, 11) is 0. The minimum atomic E-state index is -0.704. The van der Waals surface area contributed by atoms with Gasteiger partial charge in [-0.15, -0.1) is 0 Å². The average molecular weight is 354 g/mol. The van der Waals surface area contributed by atoms with Crippen LogP contribution in [0.2, 0.25) is 0 Å². The largest absolute Gasteiger partial charge is 0.351 e. The molecule has 136 valence electrons. The van der Waals surface area contributed by atoms with E-state index in [-0.39, 0.29) is 11.8 Å². The molecule has 0 unspecified atom stereocenters. The van der Waals surface area contributed by atoms with Gasteiger partial charge >= 0.3 is 6.03 Å². The second-order valence-corrected chi connectivity index (χ2v) is 5.58. The van der Waals surface area contributed by atoms with Crippen LogP contribution in [-0.4, -0.2) is 35.8 Å². The summed E-state index contributed by atoms with van der Waals surface area (Å²) in [6.07, 6.45) is 0. The fourth-order valence-electron chi connectivity index (χ4n) is 2.51. The second kappa shape index (κ2) is 8.66. The predicted octanol–water partition coefficient (Wildman–Crippen LogP) is 2.91. The van der Waals surface area contributed by atoms with Crippen LogP contribution in [0.25, 0.3) is 0 Å². The highest BCUT2D eigenvalue weighted by Crippen LogP contribution is 2.16. The molecule has 7 nitrogen and oxygen atoms in total. The van der Waals surface area contributed by atoms with E-state index >= 15 is 0 Å². The molecule has 0 saturated heterocycles. The zero-order valence-corrected chi connectivity index (χ0v) is 14.8. The molecule has 0 heterocycles. The summed E-state index contributed by atoms with van der Waals surface area (Å²) in [4.78, 5) is 37.5. The number of anilines is 2. The van der Waals surface area contributed by atoms with Crippen LogP contribution in [-0.2, 0) is 0 Å². The van der Waals surface area contributed by atoms with E-state index in [0.717, 1.165) is 0 Å². The zero-order valence-electron chi connectivity index (χ0n) is 14.8. The number of nitrogens with two attached hydrogens (primary N) is 1. The van der Waals surface area contributed by atoms with E-state index in [1.165, 1.54) is 6.07 Å². The highest BCUT2D eigenvalue weighted by atomic mass is 16.2.